The second-order valence-electron chi connectivity index (χ2n) is 5.13. The van der Waals surface area contributed by atoms with Gasteiger partial charge in [-0.1, -0.05) is 42.6 Å². The van der Waals surface area contributed by atoms with E-state index in [-0.39, 0.29) is 16.5 Å². The van der Waals surface area contributed by atoms with Gasteiger partial charge in [0.15, 0.2) is 0 Å². The molecule has 0 aliphatic heterocycles. The third-order valence-electron chi connectivity index (χ3n) is 3.28. The lowest BCUT2D eigenvalue weighted by Crippen LogP contribution is -2.25. The highest BCUT2D eigenvalue weighted by Crippen LogP contribution is 2.29. The Bertz CT molecular complexity index is 750. The van der Waals surface area contributed by atoms with Crippen LogP contribution in [-0.4, -0.2) is 23.3 Å². The van der Waals surface area contributed by atoms with E-state index in [0.717, 1.165) is 12.8 Å². The van der Waals surface area contributed by atoms with Gasteiger partial charge in [0, 0.05) is 18.9 Å². The van der Waals surface area contributed by atoms with Gasteiger partial charge in [0.05, 0.1) is 26.9 Å². The molecule has 7 heteroatoms. The average Bonchev–Trinajstić information content (AvgIpc) is 2.59. The summed E-state index contributed by atoms with van der Waals surface area (Å²) in [6, 6.07) is 6.44. The summed E-state index contributed by atoms with van der Waals surface area (Å²) >= 11 is 12.0. The Morgan fingerprint density at radius 1 is 1.12 bits per heavy atom. The van der Waals surface area contributed by atoms with Crippen LogP contribution in [0.15, 0.2) is 36.7 Å². The standard InChI is InChI=1S/C17H17Cl2N3O2/c1-2-3-7-21-16(23)11-8-12(10-20-9-11)17(24)22-14-6-4-5-13(18)15(14)19/h4-6,8-10H,2-3,7H2,1H3,(H,21,23)(H,22,24). The number of pyridine rings is 1. The molecule has 0 fully saturated rings. The van der Waals surface area contributed by atoms with Crippen LogP contribution in [0.3, 0.4) is 0 Å². The summed E-state index contributed by atoms with van der Waals surface area (Å²) in [5, 5.41) is 6.04. The summed E-state index contributed by atoms with van der Waals surface area (Å²) in [6.07, 6.45) is 4.69. The van der Waals surface area contributed by atoms with E-state index in [1.165, 1.54) is 18.5 Å². The van der Waals surface area contributed by atoms with Crippen molar-refractivity contribution in [3.8, 4) is 0 Å². The van der Waals surface area contributed by atoms with E-state index in [1.54, 1.807) is 18.2 Å². The number of anilines is 1. The first-order chi connectivity index (χ1) is 11.5. The molecule has 0 spiro atoms. The zero-order valence-electron chi connectivity index (χ0n) is 13.1. The number of rotatable bonds is 6. The molecule has 0 unspecified atom stereocenters. The summed E-state index contributed by atoms with van der Waals surface area (Å²) in [6.45, 7) is 2.63. The molecular formula is C17H17Cl2N3O2. The van der Waals surface area contributed by atoms with Crippen LogP contribution < -0.4 is 10.6 Å². The van der Waals surface area contributed by atoms with Crippen molar-refractivity contribution in [2.75, 3.05) is 11.9 Å². The number of nitrogens with zero attached hydrogens (tertiary/aromatic N) is 1. The van der Waals surface area contributed by atoms with Crippen molar-refractivity contribution in [3.63, 3.8) is 0 Å². The number of carbonyl (C=O) groups is 2. The number of aromatic nitrogens is 1. The number of amides is 2. The van der Waals surface area contributed by atoms with Gasteiger partial charge in [-0.2, -0.15) is 0 Å². The number of hydrogen-bond donors (Lipinski definition) is 2. The van der Waals surface area contributed by atoms with Crippen molar-refractivity contribution >= 4 is 40.7 Å². The molecule has 2 aromatic rings. The summed E-state index contributed by atoms with van der Waals surface area (Å²) in [5.41, 5.74) is 0.983. The topological polar surface area (TPSA) is 71.1 Å². The molecule has 2 amide bonds. The van der Waals surface area contributed by atoms with Crippen LogP contribution in [0, 0.1) is 0 Å². The predicted molar refractivity (Wildman–Crippen MR) is 95.9 cm³/mol. The fraction of sp³-hybridized carbons (Fsp3) is 0.235. The summed E-state index contributed by atoms with van der Waals surface area (Å²) < 4.78 is 0. The number of nitrogens with one attached hydrogen (secondary N) is 2. The zero-order valence-corrected chi connectivity index (χ0v) is 14.6. The highest BCUT2D eigenvalue weighted by molar-refractivity contribution is 6.44. The smallest absolute Gasteiger partial charge is 0.257 e. The average molecular weight is 366 g/mol. The fourth-order valence-electron chi connectivity index (χ4n) is 1.96. The molecule has 2 N–H and O–H groups in total. The Kier molecular flexibility index (Phi) is 6.58. The lowest BCUT2D eigenvalue weighted by Gasteiger charge is -2.09. The molecule has 1 aromatic carbocycles. The van der Waals surface area contributed by atoms with Gasteiger partial charge in [0.2, 0.25) is 0 Å². The second kappa shape index (κ2) is 8.66. The van der Waals surface area contributed by atoms with Gasteiger partial charge in [-0.25, -0.2) is 0 Å². The normalized spacial score (nSPS) is 10.3. The minimum absolute atomic E-state index is 0.258. The number of hydrogen-bond acceptors (Lipinski definition) is 3. The summed E-state index contributed by atoms with van der Waals surface area (Å²) in [5.74, 6) is -0.679. The second-order valence-corrected chi connectivity index (χ2v) is 5.91. The molecule has 0 aliphatic rings. The number of halogens is 2. The van der Waals surface area contributed by atoms with E-state index in [4.69, 9.17) is 23.2 Å². The number of unbranched alkanes of at least 4 members (excludes halogenated alkanes) is 1. The van der Waals surface area contributed by atoms with E-state index in [0.29, 0.717) is 22.8 Å². The van der Waals surface area contributed by atoms with E-state index >= 15 is 0 Å². The van der Waals surface area contributed by atoms with E-state index in [9.17, 15) is 9.59 Å². The van der Waals surface area contributed by atoms with Crippen LogP contribution in [-0.2, 0) is 0 Å². The molecule has 0 radical (unpaired) electrons. The molecular weight excluding hydrogens is 349 g/mol. The minimum atomic E-state index is -0.421. The molecule has 0 bridgehead atoms. The lowest BCUT2D eigenvalue weighted by molar-refractivity contribution is 0.0953. The number of carbonyl (C=O) groups excluding carboxylic acids is 2. The molecule has 0 saturated heterocycles. The molecule has 126 valence electrons. The molecule has 1 aromatic heterocycles. The third-order valence-corrected chi connectivity index (χ3v) is 4.10. The monoisotopic (exact) mass is 365 g/mol. The highest BCUT2D eigenvalue weighted by Gasteiger charge is 2.13. The van der Waals surface area contributed by atoms with Gasteiger partial charge in [-0.3, -0.25) is 14.6 Å². The predicted octanol–water partition coefficient (Wildman–Crippen LogP) is 4.17. The molecule has 0 atom stereocenters. The van der Waals surface area contributed by atoms with Crippen molar-refractivity contribution in [3.05, 3.63) is 57.8 Å². The maximum atomic E-state index is 12.3. The van der Waals surface area contributed by atoms with Gasteiger partial charge in [0.1, 0.15) is 0 Å². The number of benzene rings is 1. The van der Waals surface area contributed by atoms with Crippen molar-refractivity contribution in [1.82, 2.24) is 10.3 Å². The van der Waals surface area contributed by atoms with Crippen LogP contribution in [0.25, 0.3) is 0 Å². The molecule has 2 rings (SSSR count). The first-order valence-corrected chi connectivity index (χ1v) is 8.27. The van der Waals surface area contributed by atoms with E-state index in [2.05, 4.69) is 15.6 Å². The van der Waals surface area contributed by atoms with Crippen LogP contribution in [0.2, 0.25) is 10.0 Å². The molecule has 0 saturated carbocycles. The Morgan fingerprint density at radius 2 is 1.83 bits per heavy atom. The highest BCUT2D eigenvalue weighted by atomic mass is 35.5. The van der Waals surface area contributed by atoms with Crippen molar-refractivity contribution in [2.45, 2.75) is 19.8 Å². The van der Waals surface area contributed by atoms with Gasteiger partial charge >= 0.3 is 0 Å². The zero-order chi connectivity index (χ0) is 17.5. The lowest BCUT2D eigenvalue weighted by atomic mass is 10.1. The van der Waals surface area contributed by atoms with E-state index < -0.39 is 5.91 Å². The fourth-order valence-corrected chi connectivity index (χ4v) is 2.31. The Labute approximate surface area is 150 Å². The van der Waals surface area contributed by atoms with Crippen LogP contribution in [0.1, 0.15) is 40.5 Å². The van der Waals surface area contributed by atoms with Gasteiger partial charge in [0.25, 0.3) is 11.8 Å². The SMILES string of the molecule is CCCCNC(=O)c1cncc(C(=O)Nc2cccc(Cl)c2Cl)c1. The summed E-state index contributed by atoms with van der Waals surface area (Å²) in [4.78, 5) is 28.3. The van der Waals surface area contributed by atoms with Crippen LogP contribution in [0.5, 0.6) is 0 Å². The largest absolute Gasteiger partial charge is 0.352 e. The first kappa shape index (κ1) is 18.2. The van der Waals surface area contributed by atoms with Gasteiger partial charge in [-0.15, -0.1) is 0 Å². The summed E-state index contributed by atoms with van der Waals surface area (Å²) in [7, 11) is 0. The van der Waals surface area contributed by atoms with Gasteiger partial charge < -0.3 is 10.6 Å². The van der Waals surface area contributed by atoms with Gasteiger partial charge in [-0.05, 0) is 24.6 Å². The molecule has 24 heavy (non-hydrogen) atoms. The third kappa shape index (κ3) is 4.69. The van der Waals surface area contributed by atoms with E-state index in [1.807, 2.05) is 6.92 Å². The quantitative estimate of drug-likeness (QED) is 0.754. The Hall–Kier alpha value is -2.11. The molecule has 1 heterocycles. The maximum absolute atomic E-state index is 12.3. The van der Waals surface area contributed by atoms with Crippen molar-refractivity contribution < 1.29 is 9.59 Å². The molecule has 0 aliphatic carbocycles. The van der Waals surface area contributed by atoms with Crippen molar-refractivity contribution in [2.24, 2.45) is 0 Å². The Morgan fingerprint density at radius 3 is 2.54 bits per heavy atom. The first-order valence-electron chi connectivity index (χ1n) is 7.51. The Balaban J connectivity index is 2.11. The molecule has 5 nitrogen and oxygen atoms in total. The minimum Gasteiger partial charge on any atom is -0.352 e. The van der Waals surface area contributed by atoms with Crippen LogP contribution in [0.4, 0.5) is 5.69 Å². The van der Waals surface area contributed by atoms with Crippen LogP contribution >= 0.6 is 23.2 Å². The maximum Gasteiger partial charge on any atom is 0.257 e. The van der Waals surface area contributed by atoms with Crippen molar-refractivity contribution in [1.29, 1.82) is 0 Å².